The molecule has 1 aromatic carbocycles. The van der Waals surface area contributed by atoms with Gasteiger partial charge in [0, 0.05) is 25.7 Å². The summed E-state index contributed by atoms with van der Waals surface area (Å²) < 4.78 is 6.81. The summed E-state index contributed by atoms with van der Waals surface area (Å²) in [4.78, 5) is 14.2. The minimum absolute atomic E-state index is 0.124. The first kappa shape index (κ1) is 16.5. The number of ether oxygens (including phenoxy) is 1. The second-order valence-corrected chi connectivity index (χ2v) is 6.29. The van der Waals surface area contributed by atoms with Crippen molar-refractivity contribution in [1.82, 2.24) is 14.7 Å². The summed E-state index contributed by atoms with van der Waals surface area (Å²) in [7, 11) is 3.39. The van der Waals surface area contributed by atoms with E-state index >= 15 is 0 Å². The number of benzene rings is 1. The Balaban J connectivity index is 1.68. The van der Waals surface area contributed by atoms with E-state index in [0.29, 0.717) is 12.2 Å². The van der Waals surface area contributed by atoms with Crippen molar-refractivity contribution in [2.75, 3.05) is 20.7 Å². The van der Waals surface area contributed by atoms with Gasteiger partial charge in [-0.3, -0.25) is 4.79 Å². The minimum atomic E-state index is -0.294. The zero-order valence-electron chi connectivity index (χ0n) is 14.1. The van der Waals surface area contributed by atoms with E-state index in [9.17, 15) is 9.90 Å². The summed E-state index contributed by atoms with van der Waals surface area (Å²) in [5, 5.41) is 14.3. The SMILES string of the molecule is COc1ccc(-n2ccc(C(=O)N(C)CC3CCCC3O)n2)cc1. The van der Waals surface area contributed by atoms with Crippen molar-refractivity contribution in [3.63, 3.8) is 0 Å². The predicted molar refractivity (Wildman–Crippen MR) is 90.4 cm³/mol. The van der Waals surface area contributed by atoms with Crippen LogP contribution >= 0.6 is 0 Å². The number of hydrogen-bond acceptors (Lipinski definition) is 4. The number of aliphatic hydroxyl groups excluding tert-OH is 1. The number of methoxy groups -OCH3 is 1. The summed E-state index contributed by atoms with van der Waals surface area (Å²) in [5.74, 6) is 0.820. The lowest BCUT2D eigenvalue weighted by atomic mass is 10.1. The highest BCUT2D eigenvalue weighted by atomic mass is 16.5. The molecule has 2 aromatic rings. The Morgan fingerprint density at radius 1 is 1.33 bits per heavy atom. The molecule has 0 bridgehead atoms. The van der Waals surface area contributed by atoms with Gasteiger partial charge in [0.1, 0.15) is 5.75 Å². The van der Waals surface area contributed by atoms with Gasteiger partial charge in [-0.05, 0) is 43.2 Å². The van der Waals surface area contributed by atoms with Crippen LogP contribution in [0.1, 0.15) is 29.8 Å². The molecule has 128 valence electrons. The summed E-state index contributed by atoms with van der Waals surface area (Å²) in [6.45, 7) is 0.565. The van der Waals surface area contributed by atoms with Gasteiger partial charge in [-0.15, -0.1) is 0 Å². The van der Waals surface area contributed by atoms with Crippen molar-refractivity contribution in [3.8, 4) is 11.4 Å². The van der Waals surface area contributed by atoms with Crippen molar-refractivity contribution < 1.29 is 14.6 Å². The second-order valence-electron chi connectivity index (χ2n) is 6.29. The molecule has 1 aliphatic rings. The maximum atomic E-state index is 12.5. The van der Waals surface area contributed by atoms with E-state index in [0.717, 1.165) is 30.7 Å². The first-order chi connectivity index (χ1) is 11.6. The Bertz CT molecular complexity index is 696. The summed E-state index contributed by atoms with van der Waals surface area (Å²) in [5.41, 5.74) is 1.27. The summed E-state index contributed by atoms with van der Waals surface area (Å²) in [6.07, 6.45) is 4.31. The molecule has 0 spiro atoms. The molecule has 1 aromatic heterocycles. The molecule has 1 heterocycles. The Labute approximate surface area is 141 Å². The molecule has 24 heavy (non-hydrogen) atoms. The third-order valence-corrected chi connectivity index (χ3v) is 4.62. The lowest BCUT2D eigenvalue weighted by Gasteiger charge is -2.22. The van der Waals surface area contributed by atoms with E-state index < -0.39 is 0 Å². The van der Waals surface area contributed by atoms with Gasteiger partial charge in [-0.1, -0.05) is 6.42 Å². The zero-order chi connectivity index (χ0) is 17.1. The molecular weight excluding hydrogens is 306 g/mol. The quantitative estimate of drug-likeness (QED) is 0.912. The molecule has 1 fully saturated rings. The number of rotatable bonds is 5. The molecule has 6 nitrogen and oxygen atoms in total. The van der Waals surface area contributed by atoms with E-state index in [1.165, 1.54) is 0 Å². The van der Waals surface area contributed by atoms with Gasteiger partial charge in [0.05, 0.1) is 18.9 Å². The molecule has 0 saturated heterocycles. The van der Waals surface area contributed by atoms with Crippen molar-refractivity contribution in [3.05, 3.63) is 42.2 Å². The molecule has 1 amide bonds. The molecule has 6 heteroatoms. The fourth-order valence-electron chi connectivity index (χ4n) is 3.18. The first-order valence-corrected chi connectivity index (χ1v) is 8.22. The van der Waals surface area contributed by atoms with Crippen LogP contribution in [0.3, 0.4) is 0 Å². The molecule has 2 atom stereocenters. The summed E-state index contributed by atoms with van der Waals surface area (Å²) in [6, 6.07) is 9.20. The Hall–Kier alpha value is -2.34. The fraction of sp³-hybridized carbons (Fsp3) is 0.444. The maximum absolute atomic E-state index is 12.5. The number of amides is 1. The van der Waals surface area contributed by atoms with Crippen LogP contribution in [-0.2, 0) is 0 Å². The van der Waals surface area contributed by atoms with Gasteiger partial charge < -0.3 is 14.7 Å². The van der Waals surface area contributed by atoms with Gasteiger partial charge >= 0.3 is 0 Å². The number of aliphatic hydroxyl groups is 1. The van der Waals surface area contributed by atoms with E-state index in [4.69, 9.17) is 4.74 Å². The number of carbonyl (C=O) groups excluding carboxylic acids is 1. The normalized spacial score (nSPS) is 20.1. The van der Waals surface area contributed by atoms with E-state index in [2.05, 4.69) is 5.10 Å². The van der Waals surface area contributed by atoms with Gasteiger partial charge in [0.15, 0.2) is 5.69 Å². The number of hydrogen-bond donors (Lipinski definition) is 1. The van der Waals surface area contributed by atoms with E-state index in [-0.39, 0.29) is 17.9 Å². The molecule has 1 saturated carbocycles. The van der Waals surface area contributed by atoms with Crippen LogP contribution in [-0.4, -0.2) is 52.5 Å². The highest BCUT2D eigenvalue weighted by molar-refractivity contribution is 5.92. The minimum Gasteiger partial charge on any atom is -0.497 e. The van der Waals surface area contributed by atoms with Crippen molar-refractivity contribution in [1.29, 1.82) is 0 Å². The average molecular weight is 329 g/mol. The van der Waals surface area contributed by atoms with Crippen LogP contribution < -0.4 is 4.74 Å². The molecular formula is C18H23N3O3. The highest BCUT2D eigenvalue weighted by Gasteiger charge is 2.28. The van der Waals surface area contributed by atoms with Crippen LogP contribution in [0.2, 0.25) is 0 Å². The largest absolute Gasteiger partial charge is 0.497 e. The first-order valence-electron chi connectivity index (χ1n) is 8.22. The van der Waals surface area contributed by atoms with E-state index in [1.54, 1.807) is 36.0 Å². The van der Waals surface area contributed by atoms with Gasteiger partial charge in [-0.25, -0.2) is 4.68 Å². The Morgan fingerprint density at radius 2 is 2.08 bits per heavy atom. The molecule has 2 unspecified atom stereocenters. The zero-order valence-corrected chi connectivity index (χ0v) is 14.1. The van der Waals surface area contributed by atoms with Crippen LogP contribution in [0, 0.1) is 5.92 Å². The Kier molecular flexibility index (Phi) is 4.85. The lowest BCUT2D eigenvalue weighted by molar-refractivity contribution is 0.0688. The van der Waals surface area contributed by atoms with Gasteiger partial charge in [0.2, 0.25) is 0 Å². The van der Waals surface area contributed by atoms with Crippen molar-refractivity contribution >= 4 is 5.91 Å². The maximum Gasteiger partial charge on any atom is 0.274 e. The third kappa shape index (κ3) is 3.43. The van der Waals surface area contributed by atoms with E-state index in [1.807, 2.05) is 24.3 Å². The average Bonchev–Trinajstić information content (AvgIpc) is 3.24. The van der Waals surface area contributed by atoms with Crippen LogP contribution in [0.25, 0.3) is 5.69 Å². The van der Waals surface area contributed by atoms with Crippen LogP contribution in [0.5, 0.6) is 5.75 Å². The lowest BCUT2D eigenvalue weighted by Crippen LogP contribution is -2.34. The third-order valence-electron chi connectivity index (χ3n) is 4.62. The predicted octanol–water partition coefficient (Wildman–Crippen LogP) is 2.11. The standard InChI is InChI=1S/C18H23N3O3/c1-20(12-13-4-3-5-17(13)22)18(23)16-10-11-21(19-16)14-6-8-15(24-2)9-7-14/h6-11,13,17,22H,3-5,12H2,1-2H3. The summed E-state index contributed by atoms with van der Waals surface area (Å²) >= 11 is 0. The van der Waals surface area contributed by atoms with Crippen LogP contribution in [0.15, 0.2) is 36.5 Å². The van der Waals surface area contributed by atoms with Gasteiger partial charge in [-0.2, -0.15) is 5.10 Å². The molecule has 0 aliphatic heterocycles. The topological polar surface area (TPSA) is 67.6 Å². The van der Waals surface area contributed by atoms with Crippen molar-refractivity contribution in [2.45, 2.75) is 25.4 Å². The molecule has 0 radical (unpaired) electrons. The monoisotopic (exact) mass is 329 g/mol. The fourth-order valence-corrected chi connectivity index (χ4v) is 3.18. The second kappa shape index (κ2) is 7.05. The molecule has 3 rings (SSSR count). The number of carbonyl (C=O) groups is 1. The smallest absolute Gasteiger partial charge is 0.274 e. The van der Waals surface area contributed by atoms with Crippen molar-refractivity contribution in [2.24, 2.45) is 5.92 Å². The number of nitrogens with zero attached hydrogens (tertiary/aromatic N) is 3. The number of aromatic nitrogens is 2. The van der Waals surface area contributed by atoms with Gasteiger partial charge in [0.25, 0.3) is 5.91 Å². The highest BCUT2D eigenvalue weighted by Crippen LogP contribution is 2.26. The Morgan fingerprint density at radius 3 is 2.71 bits per heavy atom. The molecule has 1 N–H and O–H groups in total. The van der Waals surface area contributed by atoms with Crippen LogP contribution in [0.4, 0.5) is 0 Å². The molecule has 1 aliphatic carbocycles.